The third-order valence-electron chi connectivity index (χ3n) is 6.49. The summed E-state index contributed by atoms with van der Waals surface area (Å²) < 4.78 is 16.7. The standard InChI is InChI=1S/C25H37NO5/c1-24(2,3)31-23(28)26-20-14-15-25(16-20,22(27)29-4)17-30-21-12-10-19(11-13-21)18-8-6-5-7-9-18/h5-9,19-21H,10-17H2,1-4H3,(H,26,28)/t19?,20-,21?,25-/m0/s1. The lowest BCUT2D eigenvalue weighted by Gasteiger charge is -2.32. The van der Waals surface area contributed by atoms with Gasteiger partial charge in [0.15, 0.2) is 0 Å². The van der Waals surface area contributed by atoms with Crippen molar-refractivity contribution in [1.29, 1.82) is 0 Å². The summed E-state index contributed by atoms with van der Waals surface area (Å²) in [6.45, 7) is 5.84. The molecule has 2 saturated carbocycles. The van der Waals surface area contributed by atoms with E-state index in [1.165, 1.54) is 12.7 Å². The number of rotatable bonds is 6. The number of hydrogen-bond acceptors (Lipinski definition) is 5. The lowest BCUT2D eigenvalue weighted by Crippen LogP contribution is -2.41. The van der Waals surface area contributed by atoms with Gasteiger partial charge in [0.2, 0.25) is 0 Å². The Hall–Kier alpha value is -2.08. The molecule has 0 aromatic heterocycles. The van der Waals surface area contributed by atoms with E-state index in [0.29, 0.717) is 31.8 Å². The first-order valence-corrected chi connectivity index (χ1v) is 11.5. The van der Waals surface area contributed by atoms with Crippen molar-refractivity contribution in [1.82, 2.24) is 5.32 Å². The van der Waals surface area contributed by atoms with Gasteiger partial charge in [-0.25, -0.2) is 4.79 Å². The van der Waals surface area contributed by atoms with Gasteiger partial charge in [0, 0.05) is 6.04 Å². The molecule has 3 rings (SSSR count). The SMILES string of the molecule is COC(=O)[C@@]1(COC2CCC(c3ccccc3)CC2)CC[C@H](NC(=O)OC(C)(C)C)C1. The summed E-state index contributed by atoms with van der Waals surface area (Å²) in [4.78, 5) is 24.8. The van der Waals surface area contributed by atoms with E-state index in [4.69, 9.17) is 14.2 Å². The van der Waals surface area contributed by atoms with Gasteiger partial charge in [-0.05, 0) is 77.2 Å². The number of esters is 1. The highest BCUT2D eigenvalue weighted by atomic mass is 16.6. The molecule has 2 aliphatic carbocycles. The average molecular weight is 432 g/mol. The van der Waals surface area contributed by atoms with Crippen molar-refractivity contribution in [2.45, 2.75) is 89.4 Å². The largest absolute Gasteiger partial charge is 0.469 e. The maximum absolute atomic E-state index is 12.7. The van der Waals surface area contributed by atoms with Crippen LogP contribution < -0.4 is 5.32 Å². The molecule has 1 aromatic rings. The predicted molar refractivity (Wildman–Crippen MR) is 119 cm³/mol. The molecule has 2 aliphatic rings. The Morgan fingerprint density at radius 2 is 1.74 bits per heavy atom. The first-order valence-electron chi connectivity index (χ1n) is 11.5. The molecule has 6 nitrogen and oxygen atoms in total. The second-order valence-corrected chi connectivity index (χ2v) is 10.1. The van der Waals surface area contributed by atoms with E-state index in [-0.39, 0.29) is 18.1 Å². The van der Waals surface area contributed by atoms with E-state index in [1.807, 2.05) is 20.8 Å². The predicted octanol–water partition coefficient (Wildman–Crippen LogP) is 4.97. The molecule has 0 aliphatic heterocycles. The molecule has 172 valence electrons. The minimum Gasteiger partial charge on any atom is -0.469 e. The molecule has 0 spiro atoms. The molecule has 2 atom stereocenters. The molecule has 1 aromatic carbocycles. The maximum Gasteiger partial charge on any atom is 0.407 e. The maximum atomic E-state index is 12.7. The number of carbonyl (C=O) groups excluding carboxylic acids is 2. The summed E-state index contributed by atoms with van der Waals surface area (Å²) in [7, 11) is 1.42. The highest BCUT2D eigenvalue weighted by Crippen LogP contribution is 2.41. The van der Waals surface area contributed by atoms with Crippen molar-refractivity contribution >= 4 is 12.1 Å². The Bertz CT molecular complexity index is 736. The fourth-order valence-corrected chi connectivity index (χ4v) is 4.88. The normalized spacial score (nSPS) is 28.7. The Labute approximate surface area is 186 Å². The van der Waals surface area contributed by atoms with Crippen molar-refractivity contribution in [3.8, 4) is 0 Å². The molecule has 0 bridgehead atoms. The van der Waals surface area contributed by atoms with E-state index >= 15 is 0 Å². The molecule has 2 fully saturated rings. The zero-order chi connectivity index (χ0) is 22.5. The van der Waals surface area contributed by atoms with Crippen molar-refractivity contribution in [3.05, 3.63) is 35.9 Å². The van der Waals surface area contributed by atoms with Crippen LogP contribution >= 0.6 is 0 Å². The minimum absolute atomic E-state index is 0.119. The van der Waals surface area contributed by atoms with Crippen molar-refractivity contribution in [2.75, 3.05) is 13.7 Å². The van der Waals surface area contributed by atoms with Crippen LogP contribution in [0.1, 0.15) is 77.2 Å². The Kier molecular flexibility index (Phi) is 7.63. The summed E-state index contributed by atoms with van der Waals surface area (Å²) in [5, 5.41) is 2.91. The molecular weight excluding hydrogens is 394 g/mol. The van der Waals surface area contributed by atoms with Crippen LogP contribution in [0.5, 0.6) is 0 Å². The number of alkyl carbamates (subject to hydrolysis) is 1. The molecule has 0 unspecified atom stereocenters. The third-order valence-corrected chi connectivity index (χ3v) is 6.49. The van der Waals surface area contributed by atoms with Crippen LogP contribution in [-0.2, 0) is 19.0 Å². The monoisotopic (exact) mass is 431 g/mol. The van der Waals surface area contributed by atoms with Crippen LogP contribution in [0.2, 0.25) is 0 Å². The Morgan fingerprint density at radius 3 is 2.35 bits per heavy atom. The lowest BCUT2D eigenvalue weighted by molar-refractivity contribution is -0.158. The van der Waals surface area contributed by atoms with Gasteiger partial charge in [0.05, 0.1) is 25.2 Å². The van der Waals surface area contributed by atoms with E-state index in [0.717, 1.165) is 25.7 Å². The van der Waals surface area contributed by atoms with Gasteiger partial charge in [-0.1, -0.05) is 30.3 Å². The van der Waals surface area contributed by atoms with Crippen molar-refractivity contribution < 1.29 is 23.8 Å². The van der Waals surface area contributed by atoms with E-state index < -0.39 is 17.1 Å². The number of hydrogen-bond donors (Lipinski definition) is 1. The van der Waals surface area contributed by atoms with E-state index in [9.17, 15) is 9.59 Å². The van der Waals surface area contributed by atoms with Gasteiger partial charge in [-0.2, -0.15) is 0 Å². The number of amides is 1. The Balaban J connectivity index is 1.52. The smallest absolute Gasteiger partial charge is 0.407 e. The molecule has 1 N–H and O–H groups in total. The molecule has 0 saturated heterocycles. The van der Waals surface area contributed by atoms with Crippen molar-refractivity contribution in [2.24, 2.45) is 5.41 Å². The molecule has 6 heteroatoms. The molecular formula is C25H37NO5. The fourth-order valence-electron chi connectivity index (χ4n) is 4.88. The quantitative estimate of drug-likeness (QED) is 0.644. The van der Waals surface area contributed by atoms with Gasteiger partial charge in [-0.3, -0.25) is 4.79 Å². The van der Waals surface area contributed by atoms with E-state index in [2.05, 4.69) is 35.6 Å². The van der Waals surface area contributed by atoms with Gasteiger partial charge in [0.25, 0.3) is 0 Å². The molecule has 31 heavy (non-hydrogen) atoms. The van der Waals surface area contributed by atoms with Gasteiger partial charge in [0.1, 0.15) is 5.60 Å². The van der Waals surface area contributed by atoms with Gasteiger partial charge in [-0.15, -0.1) is 0 Å². The van der Waals surface area contributed by atoms with E-state index in [1.54, 1.807) is 0 Å². The van der Waals surface area contributed by atoms with Crippen LogP contribution in [0.15, 0.2) is 30.3 Å². The molecule has 0 radical (unpaired) electrons. The van der Waals surface area contributed by atoms with Crippen molar-refractivity contribution in [3.63, 3.8) is 0 Å². The first-order chi connectivity index (χ1) is 14.7. The summed E-state index contributed by atoms with van der Waals surface area (Å²) in [6, 6.07) is 10.5. The third kappa shape index (κ3) is 6.45. The average Bonchev–Trinajstić information content (AvgIpc) is 3.15. The topological polar surface area (TPSA) is 73.9 Å². The number of methoxy groups -OCH3 is 1. The van der Waals surface area contributed by atoms with Gasteiger partial charge < -0.3 is 19.5 Å². The number of nitrogens with one attached hydrogen (secondary N) is 1. The van der Waals surface area contributed by atoms with Crippen LogP contribution in [0.25, 0.3) is 0 Å². The number of ether oxygens (including phenoxy) is 3. The second-order valence-electron chi connectivity index (χ2n) is 10.1. The second kappa shape index (κ2) is 10.0. The van der Waals surface area contributed by atoms with Crippen LogP contribution in [0, 0.1) is 5.41 Å². The van der Waals surface area contributed by atoms with Gasteiger partial charge >= 0.3 is 12.1 Å². The zero-order valence-electron chi connectivity index (χ0n) is 19.3. The lowest BCUT2D eigenvalue weighted by atomic mass is 9.82. The molecule has 1 amide bonds. The highest BCUT2D eigenvalue weighted by molar-refractivity contribution is 5.78. The summed E-state index contributed by atoms with van der Waals surface area (Å²) in [5.74, 6) is 0.337. The number of benzene rings is 1. The fraction of sp³-hybridized carbons (Fsp3) is 0.680. The van der Waals surface area contributed by atoms with Crippen LogP contribution in [-0.4, -0.2) is 43.5 Å². The first kappa shape index (κ1) is 23.6. The van der Waals surface area contributed by atoms with Crippen LogP contribution in [0.4, 0.5) is 4.79 Å². The summed E-state index contributed by atoms with van der Waals surface area (Å²) in [6.07, 6.45) is 5.77. The Morgan fingerprint density at radius 1 is 1.06 bits per heavy atom. The summed E-state index contributed by atoms with van der Waals surface area (Å²) in [5.41, 5.74) is 0.146. The summed E-state index contributed by atoms with van der Waals surface area (Å²) >= 11 is 0. The minimum atomic E-state index is -0.704. The highest BCUT2D eigenvalue weighted by Gasteiger charge is 2.47. The molecule has 0 heterocycles. The number of carbonyl (C=O) groups is 2. The zero-order valence-corrected chi connectivity index (χ0v) is 19.3. The van der Waals surface area contributed by atoms with Crippen LogP contribution in [0.3, 0.4) is 0 Å².